The van der Waals surface area contributed by atoms with Gasteiger partial charge in [-0.3, -0.25) is 0 Å². The van der Waals surface area contributed by atoms with Crippen molar-refractivity contribution < 1.29 is 9.90 Å². The van der Waals surface area contributed by atoms with Crippen LogP contribution >= 0.6 is 22.9 Å². The van der Waals surface area contributed by atoms with Crippen molar-refractivity contribution >= 4 is 46.0 Å². The van der Waals surface area contributed by atoms with E-state index in [1.807, 2.05) is 66.1 Å². The largest absolute Gasteiger partial charge is 0.478 e. The Morgan fingerprint density at radius 3 is 2.70 bits per heavy atom. The van der Waals surface area contributed by atoms with E-state index in [1.165, 1.54) is 4.88 Å². The molecule has 0 spiro atoms. The Morgan fingerprint density at radius 1 is 1.12 bits per heavy atom. The second-order valence-corrected chi connectivity index (χ2v) is 9.52. The van der Waals surface area contributed by atoms with E-state index in [9.17, 15) is 9.90 Å². The molecular weight excluding hydrogens is 452 g/mol. The molecule has 4 nitrogen and oxygen atoms in total. The number of carbonyl (C=O) groups is 1. The van der Waals surface area contributed by atoms with Crippen LogP contribution in [0.15, 0.2) is 65.6 Å². The van der Waals surface area contributed by atoms with Crippen LogP contribution in [0.25, 0.3) is 17.1 Å². The number of benzene rings is 2. The molecule has 0 bridgehead atoms. The molecule has 0 fully saturated rings. The summed E-state index contributed by atoms with van der Waals surface area (Å²) in [5.74, 6) is 0.120. The van der Waals surface area contributed by atoms with Crippen LogP contribution in [-0.4, -0.2) is 20.6 Å². The van der Waals surface area contributed by atoms with E-state index in [1.54, 1.807) is 11.3 Å². The molecule has 0 amide bonds. The minimum Gasteiger partial charge on any atom is -0.478 e. The highest BCUT2D eigenvalue weighted by Gasteiger charge is 2.16. The third-order valence-electron chi connectivity index (χ3n) is 5.74. The zero-order valence-corrected chi connectivity index (χ0v) is 20.2. The number of fused-ring (bicyclic) bond motifs is 1. The molecule has 0 atom stereocenters. The van der Waals surface area contributed by atoms with Crippen LogP contribution in [0.2, 0.25) is 5.02 Å². The smallest absolute Gasteiger partial charge is 0.331 e. The van der Waals surface area contributed by atoms with Gasteiger partial charge in [0.15, 0.2) is 0 Å². The summed E-state index contributed by atoms with van der Waals surface area (Å²) in [6.45, 7) is 2.76. The standard InChI is InChI=1S/C27H27ClN2O2S/c1-2-3-13-25-29-24-12-6-9-19(17-20(27(31)32)14-15-22-10-7-16-33-22)26(24)30(25)18-21-8-4-5-11-23(21)28/h4-12,16-17H,2-3,13-15,18H2,1H3,(H,31,32)/b20-17+. The van der Waals surface area contributed by atoms with Gasteiger partial charge in [0.1, 0.15) is 5.82 Å². The molecule has 4 rings (SSSR count). The van der Waals surface area contributed by atoms with E-state index in [0.717, 1.165) is 52.3 Å². The highest BCUT2D eigenvalue weighted by molar-refractivity contribution is 7.09. The molecule has 0 aliphatic carbocycles. The number of aryl methyl sites for hydroxylation is 2. The number of thiophene rings is 1. The summed E-state index contributed by atoms with van der Waals surface area (Å²) < 4.78 is 2.21. The van der Waals surface area contributed by atoms with Crippen molar-refractivity contribution in [3.05, 3.63) is 92.4 Å². The van der Waals surface area contributed by atoms with Gasteiger partial charge in [-0.05, 0) is 54.5 Å². The van der Waals surface area contributed by atoms with Gasteiger partial charge in [-0.1, -0.05) is 61.3 Å². The summed E-state index contributed by atoms with van der Waals surface area (Å²) in [7, 11) is 0. The number of nitrogens with zero attached hydrogens (tertiary/aromatic N) is 2. The third kappa shape index (κ3) is 5.55. The predicted molar refractivity (Wildman–Crippen MR) is 137 cm³/mol. The molecular formula is C27H27ClN2O2S. The summed E-state index contributed by atoms with van der Waals surface area (Å²) in [4.78, 5) is 18.2. The predicted octanol–water partition coefficient (Wildman–Crippen LogP) is 7.24. The van der Waals surface area contributed by atoms with E-state index in [2.05, 4.69) is 11.5 Å². The molecule has 0 radical (unpaired) electrons. The molecule has 6 heteroatoms. The Bertz CT molecular complexity index is 1270. The number of unbranched alkanes of at least 4 members (excludes halogenated alkanes) is 1. The molecule has 0 saturated heterocycles. The number of halogens is 1. The minimum atomic E-state index is -0.882. The van der Waals surface area contributed by atoms with Gasteiger partial charge in [0.2, 0.25) is 0 Å². The normalized spacial score (nSPS) is 11.9. The lowest BCUT2D eigenvalue weighted by molar-refractivity contribution is -0.132. The molecule has 2 aromatic carbocycles. The van der Waals surface area contributed by atoms with E-state index in [0.29, 0.717) is 25.0 Å². The molecule has 0 saturated carbocycles. The van der Waals surface area contributed by atoms with Gasteiger partial charge in [0.25, 0.3) is 0 Å². The maximum absolute atomic E-state index is 12.1. The number of hydrogen-bond donors (Lipinski definition) is 1. The lowest BCUT2D eigenvalue weighted by atomic mass is 10.0. The van der Waals surface area contributed by atoms with Crippen molar-refractivity contribution in [3.8, 4) is 0 Å². The van der Waals surface area contributed by atoms with Crippen molar-refractivity contribution in [2.24, 2.45) is 0 Å². The molecule has 0 aliphatic rings. The van der Waals surface area contributed by atoms with Gasteiger partial charge < -0.3 is 9.67 Å². The number of aromatic nitrogens is 2. The Morgan fingerprint density at radius 2 is 1.97 bits per heavy atom. The molecule has 0 aliphatic heterocycles. The maximum Gasteiger partial charge on any atom is 0.331 e. The van der Waals surface area contributed by atoms with Gasteiger partial charge in [-0.25, -0.2) is 9.78 Å². The third-order valence-corrected chi connectivity index (χ3v) is 7.05. The lowest BCUT2D eigenvalue weighted by Crippen LogP contribution is -2.07. The van der Waals surface area contributed by atoms with Gasteiger partial charge >= 0.3 is 5.97 Å². The summed E-state index contributed by atoms with van der Waals surface area (Å²) in [6.07, 6.45) is 5.99. The highest BCUT2D eigenvalue weighted by atomic mass is 35.5. The van der Waals surface area contributed by atoms with E-state index >= 15 is 0 Å². The Hall–Kier alpha value is -2.89. The average molecular weight is 479 g/mol. The van der Waals surface area contributed by atoms with Crippen LogP contribution in [0, 0.1) is 0 Å². The number of carboxylic acids is 1. The number of rotatable bonds is 10. The van der Waals surface area contributed by atoms with Crippen LogP contribution in [0.4, 0.5) is 0 Å². The van der Waals surface area contributed by atoms with Gasteiger partial charge in [-0.2, -0.15) is 0 Å². The summed E-state index contributed by atoms with van der Waals surface area (Å²) in [6, 6.07) is 17.8. The highest BCUT2D eigenvalue weighted by Crippen LogP contribution is 2.27. The van der Waals surface area contributed by atoms with Crippen molar-refractivity contribution in [1.29, 1.82) is 0 Å². The molecule has 4 aromatic rings. The van der Waals surface area contributed by atoms with Crippen LogP contribution < -0.4 is 0 Å². The Balaban J connectivity index is 1.79. The van der Waals surface area contributed by atoms with Crippen LogP contribution in [0.3, 0.4) is 0 Å². The van der Waals surface area contributed by atoms with E-state index < -0.39 is 5.97 Å². The van der Waals surface area contributed by atoms with Crippen LogP contribution in [0.1, 0.15) is 48.0 Å². The molecule has 2 heterocycles. The average Bonchev–Trinajstić information content (AvgIpc) is 3.45. The van der Waals surface area contributed by atoms with E-state index in [4.69, 9.17) is 16.6 Å². The first-order valence-electron chi connectivity index (χ1n) is 11.2. The minimum absolute atomic E-state index is 0.400. The second kappa shape index (κ2) is 10.8. The number of imidazole rings is 1. The fourth-order valence-electron chi connectivity index (χ4n) is 4.01. The number of carboxylic acid groups (broad SMARTS) is 1. The number of aliphatic carboxylic acids is 1. The molecule has 33 heavy (non-hydrogen) atoms. The zero-order valence-electron chi connectivity index (χ0n) is 18.6. The zero-order chi connectivity index (χ0) is 23.2. The summed E-state index contributed by atoms with van der Waals surface area (Å²) in [5, 5.41) is 12.6. The summed E-state index contributed by atoms with van der Waals surface area (Å²) >= 11 is 8.14. The number of para-hydroxylation sites is 1. The first-order valence-corrected chi connectivity index (χ1v) is 12.5. The van der Waals surface area contributed by atoms with Crippen LogP contribution in [0.5, 0.6) is 0 Å². The maximum atomic E-state index is 12.1. The monoisotopic (exact) mass is 478 g/mol. The molecule has 2 aromatic heterocycles. The van der Waals surface area contributed by atoms with Crippen molar-refractivity contribution in [2.75, 3.05) is 0 Å². The SMILES string of the molecule is CCCCc1nc2cccc(/C=C(\CCc3cccs3)C(=O)O)c2n1Cc1ccccc1Cl. The van der Waals surface area contributed by atoms with E-state index in [-0.39, 0.29) is 0 Å². The van der Waals surface area contributed by atoms with Crippen LogP contribution in [-0.2, 0) is 24.2 Å². The van der Waals surface area contributed by atoms with Gasteiger partial charge in [-0.15, -0.1) is 11.3 Å². The fourth-order valence-corrected chi connectivity index (χ4v) is 4.92. The summed E-state index contributed by atoms with van der Waals surface area (Å²) in [5.41, 5.74) is 4.13. The van der Waals surface area contributed by atoms with Crippen molar-refractivity contribution in [1.82, 2.24) is 9.55 Å². The molecule has 170 valence electrons. The second-order valence-electron chi connectivity index (χ2n) is 8.08. The molecule has 0 unspecified atom stereocenters. The van der Waals surface area contributed by atoms with Gasteiger partial charge in [0, 0.05) is 27.5 Å². The van der Waals surface area contributed by atoms with Crippen molar-refractivity contribution in [3.63, 3.8) is 0 Å². The first-order chi connectivity index (χ1) is 16.1. The quantitative estimate of drug-likeness (QED) is 0.244. The number of hydrogen-bond acceptors (Lipinski definition) is 3. The lowest BCUT2D eigenvalue weighted by Gasteiger charge is -2.12. The Labute approximate surface area is 203 Å². The topological polar surface area (TPSA) is 55.1 Å². The fraction of sp³-hybridized carbons (Fsp3) is 0.259. The molecule has 1 N–H and O–H groups in total. The first kappa shape index (κ1) is 23.3. The van der Waals surface area contributed by atoms with Gasteiger partial charge in [0.05, 0.1) is 17.6 Å². The van der Waals surface area contributed by atoms with Crippen molar-refractivity contribution in [2.45, 2.75) is 45.6 Å². The Kier molecular flexibility index (Phi) is 7.63.